The minimum atomic E-state index is -0.630. The van der Waals surface area contributed by atoms with Crippen molar-refractivity contribution in [2.24, 2.45) is 4.99 Å². The average molecular weight is 448 g/mol. The molecule has 32 heavy (non-hydrogen) atoms. The topological polar surface area (TPSA) is 108 Å². The summed E-state index contributed by atoms with van der Waals surface area (Å²) in [5.41, 5.74) is 1.85. The van der Waals surface area contributed by atoms with E-state index in [0.29, 0.717) is 21.8 Å². The molecule has 0 spiro atoms. The molecule has 1 aliphatic rings. The molecule has 9 heteroatoms. The van der Waals surface area contributed by atoms with Crippen molar-refractivity contribution in [3.63, 3.8) is 0 Å². The molecule has 2 heterocycles. The predicted molar refractivity (Wildman–Crippen MR) is 119 cm³/mol. The number of aliphatic imine (C=N–C) groups is 1. The minimum absolute atomic E-state index is 0.00103. The Labute approximate surface area is 186 Å². The summed E-state index contributed by atoms with van der Waals surface area (Å²) in [4.78, 5) is 39.8. The fourth-order valence-electron chi connectivity index (χ4n) is 3.11. The molecule has 2 aromatic carbocycles. The Hall–Kier alpha value is -4.11. The maximum atomic E-state index is 12.4. The molecule has 160 valence electrons. The summed E-state index contributed by atoms with van der Waals surface area (Å²) in [6.07, 6.45) is 1.75. The number of carbonyl (C=O) groups is 2. The first-order valence-corrected chi connectivity index (χ1v) is 10.3. The van der Waals surface area contributed by atoms with Gasteiger partial charge in [0, 0.05) is 29.7 Å². The van der Waals surface area contributed by atoms with E-state index >= 15 is 0 Å². The second-order valence-corrected chi connectivity index (χ2v) is 7.74. The van der Waals surface area contributed by atoms with Gasteiger partial charge in [0.05, 0.1) is 16.9 Å². The molecule has 1 aromatic heterocycles. The number of thiophene rings is 1. The van der Waals surface area contributed by atoms with Gasteiger partial charge in [0.1, 0.15) is 5.75 Å². The summed E-state index contributed by atoms with van der Waals surface area (Å²) in [5.74, 6) is -0.0353. The van der Waals surface area contributed by atoms with Gasteiger partial charge in [0.25, 0.3) is 5.69 Å². The Balaban J connectivity index is 1.56. The van der Waals surface area contributed by atoms with Gasteiger partial charge in [-0.25, -0.2) is 9.79 Å². The second kappa shape index (κ2) is 8.94. The highest BCUT2D eigenvalue weighted by molar-refractivity contribution is 7.12. The minimum Gasteiger partial charge on any atom is -0.496 e. The summed E-state index contributed by atoms with van der Waals surface area (Å²) in [6.45, 7) is 0. The molecular formula is C23H16N2O6S. The summed E-state index contributed by atoms with van der Waals surface area (Å²) in [5, 5.41) is 12.6. The summed E-state index contributed by atoms with van der Waals surface area (Å²) < 4.78 is 10.6. The normalized spacial score (nSPS) is 14.2. The van der Waals surface area contributed by atoms with Crippen LogP contribution in [-0.4, -0.2) is 29.7 Å². The summed E-state index contributed by atoms with van der Waals surface area (Å²) in [6, 6.07) is 14.4. The number of nitro groups is 1. The van der Waals surface area contributed by atoms with Gasteiger partial charge in [-0.2, -0.15) is 0 Å². The van der Waals surface area contributed by atoms with Crippen LogP contribution in [0.1, 0.15) is 26.4 Å². The van der Waals surface area contributed by atoms with Crippen molar-refractivity contribution in [1.29, 1.82) is 0 Å². The molecule has 4 rings (SSSR count). The number of nitrogens with zero attached hydrogens (tertiary/aromatic N) is 2. The van der Waals surface area contributed by atoms with Crippen LogP contribution in [0.5, 0.6) is 5.75 Å². The number of Topliss-reactive ketones (excluding diaryl/α,β-unsaturated/α-hetero) is 1. The van der Waals surface area contributed by atoms with Gasteiger partial charge < -0.3 is 9.47 Å². The van der Waals surface area contributed by atoms with Crippen LogP contribution >= 0.6 is 11.3 Å². The van der Waals surface area contributed by atoms with E-state index in [1.165, 1.54) is 42.7 Å². The Kier molecular flexibility index (Phi) is 5.91. The van der Waals surface area contributed by atoms with Gasteiger partial charge in [0.2, 0.25) is 5.90 Å². The quantitative estimate of drug-likeness (QED) is 0.174. The molecule has 0 fully saturated rings. The number of methoxy groups -OCH3 is 1. The predicted octanol–water partition coefficient (Wildman–Crippen LogP) is 4.43. The zero-order valence-electron chi connectivity index (χ0n) is 16.8. The van der Waals surface area contributed by atoms with Crippen molar-refractivity contribution >= 4 is 40.8 Å². The zero-order valence-corrected chi connectivity index (χ0v) is 17.6. The van der Waals surface area contributed by atoms with Crippen molar-refractivity contribution in [1.82, 2.24) is 0 Å². The lowest BCUT2D eigenvalue weighted by molar-refractivity contribution is -0.384. The number of rotatable bonds is 7. The fourth-order valence-corrected chi connectivity index (χ4v) is 3.78. The van der Waals surface area contributed by atoms with Crippen LogP contribution in [0.3, 0.4) is 0 Å². The first-order valence-electron chi connectivity index (χ1n) is 9.45. The number of hydrogen-bond acceptors (Lipinski definition) is 8. The molecule has 0 atom stereocenters. The maximum absolute atomic E-state index is 12.4. The van der Waals surface area contributed by atoms with E-state index in [-0.39, 0.29) is 29.5 Å². The largest absolute Gasteiger partial charge is 0.496 e. The Morgan fingerprint density at radius 2 is 2.00 bits per heavy atom. The van der Waals surface area contributed by atoms with Gasteiger partial charge >= 0.3 is 5.97 Å². The van der Waals surface area contributed by atoms with E-state index in [4.69, 9.17) is 9.47 Å². The summed E-state index contributed by atoms with van der Waals surface area (Å²) in [7, 11) is 1.51. The number of non-ortho nitro benzene ring substituents is 1. The molecule has 0 N–H and O–H groups in total. The van der Waals surface area contributed by atoms with Gasteiger partial charge in [-0.05, 0) is 41.3 Å². The standard InChI is InChI=1S/C23H16N2O6S/c1-30-20-12-14(4-5-16(20)13-19(26)21-3-2-10-32-21)11-18-23(27)31-22(24-18)15-6-8-17(9-7-15)25(28)29/h2-12H,13H2,1H3/b18-11+. The van der Waals surface area contributed by atoms with E-state index in [9.17, 15) is 19.7 Å². The van der Waals surface area contributed by atoms with E-state index in [0.717, 1.165) is 5.56 Å². The molecule has 0 saturated carbocycles. The van der Waals surface area contributed by atoms with Crippen LogP contribution in [0.15, 0.2) is 70.7 Å². The molecular weight excluding hydrogens is 432 g/mol. The summed E-state index contributed by atoms with van der Waals surface area (Å²) >= 11 is 1.39. The first-order chi connectivity index (χ1) is 15.4. The first kappa shape index (κ1) is 21.1. The van der Waals surface area contributed by atoms with Gasteiger partial charge in [-0.15, -0.1) is 11.3 Å². The molecule has 0 saturated heterocycles. The number of ether oxygens (including phenoxy) is 2. The lowest BCUT2D eigenvalue weighted by Gasteiger charge is -2.08. The molecule has 0 amide bonds. The highest BCUT2D eigenvalue weighted by Crippen LogP contribution is 2.26. The van der Waals surface area contributed by atoms with E-state index in [1.807, 2.05) is 11.4 Å². The number of benzene rings is 2. The number of carbonyl (C=O) groups excluding carboxylic acids is 2. The molecule has 0 radical (unpaired) electrons. The van der Waals surface area contributed by atoms with Gasteiger partial charge in [0.15, 0.2) is 11.5 Å². The third-order valence-electron chi connectivity index (χ3n) is 4.71. The number of esters is 1. The van der Waals surface area contributed by atoms with Crippen LogP contribution in [-0.2, 0) is 16.0 Å². The van der Waals surface area contributed by atoms with Crippen molar-refractivity contribution in [2.75, 3.05) is 7.11 Å². The third kappa shape index (κ3) is 4.47. The van der Waals surface area contributed by atoms with Crippen molar-refractivity contribution < 1.29 is 24.0 Å². The maximum Gasteiger partial charge on any atom is 0.363 e. The van der Waals surface area contributed by atoms with Crippen LogP contribution in [0.25, 0.3) is 6.08 Å². The Morgan fingerprint density at radius 1 is 1.22 bits per heavy atom. The lowest BCUT2D eigenvalue weighted by atomic mass is 10.0. The SMILES string of the molecule is COc1cc(/C=C2/N=C(c3ccc([N+](=O)[O-])cc3)OC2=O)ccc1CC(=O)c1cccs1. The van der Waals surface area contributed by atoms with Gasteiger partial charge in [-0.3, -0.25) is 14.9 Å². The number of hydrogen-bond donors (Lipinski definition) is 0. The van der Waals surface area contributed by atoms with Gasteiger partial charge in [-0.1, -0.05) is 18.2 Å². The Morgan fingerprint density at radius 3 is 2.66 bits per heavy atom. The number of cyclic esters (lactones) is 1. The zero-order chi connectivity index (χ0) is 22.7. The molecule has 1 aliphatic heterocycles. The lowest BCUT2D eigenvalue weighted by Crippen LogP contribution is -2.05. The monoisotopic (exact) mass is 448 g/mol. The van der Waals surface area contributed by atoms with E-state index in [1.54, 1.807) is 30.3 Å². The smallest absolute Gasteiger partial charge is 0.363 e. The number of ketones is 1. The van der Waals surface area contributed by atoms with Crippen LogP contribution < -0.4 is 4.74 Å². The van der Waals surface area contributed by atoms with Crippen LogP contribution in [0.4, 0.5) is 5.69 Å². The highest BCUT2D eigenvalue weighted by atomic mass is 32.1. The average Bonchev–Trinajstić information content (AvgIpc) is 3.45. The van der Waals surface area contributed by atoms with E-state index in [2.05, 4.69) is 4.99 Å². The molecule has 0 unspecified atom stereocenters. The molecule has 0 bridgehead atoms. The molecule has 3 aromatic rings. The highest BCUT2D eigenvalue weighted by Gasteiger charge is 2.24. The van der Waals surface area contributed by atoms with Crippen molar-refractivity contribution in [2.45, 2.75) is 6.42 Å². The number of nitro benzene ring substituents is 1. The second-order valence-electron chi connectivity index (χ2n) is 6.79. The van der Waals surface area contributed by atoms with E-state index < -0.39 is 10.9 Å². The molecule has 0 aliphatic carbocycles. The van der Waals surface area contributed by atoms with Crippen LogP contribution in [0.2, 0.25) is 0 Å². The Bertz CT molecular complexity index is 1260. The third-order valence-corrected chi connectivity index (χ3v) is 5.62. The fraction of sp³-hybridized carbons (Fsp3) is 0.0870. The molecule has 8 nitrogen and oxygen atoms in total. The van der Waals surface area contributed by atoms with Crippen molar-refractivity contribution in [3.05, 3.63) is 97.4 Å². The van der Waals surface area contributed by atoms with Crippen LogP contribution in [0, 0.1) is 10.1 Å². The van der Waals surface area contributed by atoms with Crippen molar-refractivity contribution in [3.8, 4) is 5.75 Å².